The van der Waals surface area contributed by atoms with Gasteiger partial charge in [0.25, 0.3) is 0 Å². The molecule has 0 radical (unpaired) electrons. The minimum absolute atomic E-state index is 0.0480. The molecule has 0 aliphatic heterocycles. The maximum absolute atomic E-state index is 4.26. The number of hydrogen-bond donors (Lipinski definition) is 1. The van der Waals surface area contributed by atoms with Crippen molar-refractivity contribution in [1.82, 2.24) is 15.3 Å². The number of halogens is 1. The molecule has 0 saturated carbocycles. The fourth-order valence-electron chi connectivity index (χ4n) is 1.38. The van der Waals surface area contributed by atoms with Crippen LogP contribution in [0.15, 0.2) is 33.7 Å². The molecule has 15 heavy (non-hydrogen) atoms. The van der Waals surface area contributed by atoms with Gasteiger partial charge in [-0.25, -0.2) is 9.97 Å². The maximum Gasteiger partial charge on any atom is 0.149 e. The molecule has 0 spiro atoms. The molecule has 5 heteroatoms. The van der Waals surface area contributed by atoms with Crippen LogP contribution in [0, 0.1) is 0 Å². The van der Waals surface area contributed by atoms with Gasteiger partial charge in [-0.05, 0) is 34.4 Å². The molecule has 2 aromatic rings. The van der Waals surface area contributed by atoms with E-state index in [0.29, 0.717) is 0 Å². The van der Waals surface area contributed by atoms with Gasteiger partial charge < -0.3 is 5.32 Å². The fraction of sp³-hybridized carbons (Fsp3) is 0.200. The summed E-state index contributed by atoms with van der Waals surface area (Å²) in [5.74, 6) is 0.791. The largest absolute Gasteiger partial charge is 0.307 e. The Morgan fingerprint density at radius 1 is 1.33 bits per heavy atom. The van der Waals surface area contributed by atoms with Crippen molar-refractivity contribution in [3.8, 4) is 0 Å². The van der Waals surface area contributed by atoms with E-state index in [1.807, 2.05) is 13.1 Å². The Hall–Kier alpha value is -0.780. The van der Waals surface area contributed by atoms with E-state index < -0.39 is 0 Å². The number of nitrogens with zero attached hydrogens (tertiary/aromatic N) is 2. The summed E-state index contributed by atoms with van der Waals surface area (Å²) in [5.41, 5.74) is 1.17. The predicted octanol–water partition coefficient (Wildman–Crippen LogP) is 2.61. The minimum atomic E-state index is 0.0480. The van der Waals surface area contributed by atoms with Crippen molar-refractivity contribution in [3.05, 3.63) is 45.1 Å². The zero-order chi connectivity index (χ0) is 10.7. The van der Waals surface area contributed by atoms with E-state index in [1.54, 1.807) is 23.7 Å². The number of rotatable bonds is 3. The number of aromatic nitrogens is 2. The lowest BCUT2D eigenvalue weighted by molar-refractivity contribution is 0.646. The Morgan fingerprint density at radius 2 is 2.07 bits per heavy atom. The first-order valence-electron chi connectivity index (χ1n) is 4.48. The third-order valence-electron chi connectivity index (χ3n) is 2.09. The van der Waals surface area contributed by atoms with E-state index in [9.17, 15) is 0 Å². The van der Waals surface area contributed by atoms with Crippen LogP contribution in [0.1, 0.15) is 17.4 Å². The molecule has 0 fully saturated rings. The van der Waals surface area contributed by atoms with Crippen LogP contribution in [-0.4, -0.2) is 17.0 Å². The lowest BCUT2D eigenvalue weighted by Crippen LogP contribution is -2.19. The normalized spacial score (nSPS) is 12.7. The van der Waals surface area contributed by atoms with Gasteiger partial charge in [0.05, 0.1) is 6.04 Å². The standard InChI is InChI=1S/C10H10BrN3S/c1-12-9(7-5-15-6-8(7)11)10-13-3-2-4-14-10/h2-6,9,12H,1H3. The maximum atomic E-state index is 4.26. The Labute approximate surface area is 101 Å². The van der Waals surface area contributed by atoms with Gasteiger partial charge in [-0.2, -0.15) is 11.3 Å². The summed E-state index contributed by atoms with van der Waals surface area (Å²) >= 11 is 5.18. The Kier molecular flexibility index (Phi) is 3.45. The van der Waals surface area contributed by atoms with Gasteiger partial charge in [-0.3, -0.25) is 0 Å². The lowest BCUT2D eigenvalue weighted by Gasteiger charge is -2.13. The van der Waals surface area contributed by atoms with Gasteiger partial charge in [0.2, 0.25) is 0 Å². The van der Waals surface area contributed by atoms with Crippen LogP contribution in [0.4, 0.5) is 0 Å². The molecule has 2 rings (SSSR count). The first-order valence-corrected chi connectivity index (χ1v) is 6.22. The van der Waals surface area contributed by atoms with Crippen LogP contribution < -0.4 is 5.32 Å². The zero-order valence-electron chi connectivity index (χ0n) is 8.14. The predicted molar refractivity (Wildman–Crippen MR) is 65.0 cm³/mol. The summed E-state index contributed by atoms with van der Waals surface area (Å²) in [7, 11) is 1.91. The average molecular weight is 284 g/mol. The topological polar surface area (TPSA) is 37.8 Å². The summed E-state index contributed by atoms with van der Waals surface area (Å²) in [5, 5.41) is 7.37. The van der Waals surface area contributed by atoms with Gasteiger partial charge in [0.15, 0.2) is 0 Å². The highest BCUT2D eigenvalue weighted by Crippen LogP contribution is 2.29. The SMILES string of the molecule is CNC(c1ncccn1)c1cscc1Br. The van der Waals surface area contributed by atoms with Gasteiger partial charge in [-0.1, -0.05) is 0 Å². The van der Waals surface area contributed by atoms with E-state index in [0.717, 1.165) is 10.3 Å². The number of nitrogens with one attached hydrogen (secondary N) is 1. The molecule has 0 amide bonds. The molecule has 0 bridgehead atoms. The van der Waals surface area contributed by atoms with E-state index in [1.165, 1.54) is 5.56 Å². The molecular weight excluding hydrogens is 274 g/mol. The van der Waals surface area contributed by atoms with Gasteiger partial charge in [0, 0.05) is 27.8 Å². The lowest BCUT2D eigenvalue weighted by atomic mass is 10.1. The quantitative estimate of drug-likeness (QED) is 0.941. The molecule has 0 aliphatic carbocycles. The highest BCUT2D eigenvalue weighted by atomic mass is 79.9. The monoisotopic (exact) mass is 283 g/mol. The van der Waals surface area contributed by atoms with E-state index in [4.69, 9.17) is 0 Å². The molecule has 1 unspecified atom stereocenters. The second-order valence-corrected chi connectivity index (χ2v) is 4.60. The summed E-state index contributed by atoms with van der Waals surface area (Å²) < 4.78 is 1.10. The van der Waals surface area contributed by atoms with Crippen LogP contribution in [0.25, 0.3) is 0 Å². The smallest absolute Gasteiger partial charge is 0.149 e. The van der Waals surface area contributed by atoms with Crippen LogP contribution in [0.3, 0.4) is 0 Å². The van der Waals surface area contributed by atoms with Gasteiger partial charge in [-0.15, -0.1) is 0 Å². The van der Waals surface area contributed by atoms with E-state index >= 15 is 0 Å². The second-order valence-electron chi connectivity index (χ2n) is 3.00. The average Bonchev–Trinajstić information content (AvgIpc) is 2.68. The van der Waals surface area contributed by atoms with Crippen LogP contribution in [-0.2, 0) is 0 Å². The van der Waals surface area contributed by atoms with Crippen molar-refractivity contribution >= 4 is 27.3 Å². The highest BCUT2D eigenvalue weighted by Gasteiger charge is 2.17. The molecule has 0 saturated heterocycles. The van der Waals surface area contributed by atoms with Crippen molar-refractivity contribution in [2.45, 2.75) is 6.04 Å². The van der Waals surface area contributed by atoms with Gasteiger partial charge >= 0.3 is 0 Å². The van der Waals surface area contributed by atoms with E-state index in [2.05, 4.69) is 42.0 Å². The molecule has 1 N–H and O–H groups in total. The first-order chi connectivity index (χ1) is 7.33. The minimum Gasteiger partial charge on any atom is -0.307 e. The van der Waals surface area contributed by atoms with Crippen molar-refractivity contribution in [1.29, 1.82) is 0 Å². The van der Waals surface area contributed by atoms with Crippen molar-refractivity contribution in [3.63, 3.8) is 0 Å². The molecule has 0 aromatic carbocycles. The molecule has 1 atom stereocenters. The first kappa shape index (κ1) is 10.7. The highest BCUT2D eigenvalue weighted by molar-refractivity contribution is 9.10. The Balaban J connectivity index is 2.37. The molecule has 0 aliphatic rings. The van der Waals surface area contributed by atoms with Crippen molar-refractivity contribution in [2.75, 3.05) is 7.05 Å². The third kappa shape index (κ3) is 2.25. The number of thiophene rings is 1. The molecule has 3 nitrogen and oxygen atoms in total. The van der Waals surface area contributed by atoms with Gasteiger partial charge in [0.1, 0.15) is 5.82 Å². The summed E-state index contributed by atoms with van der Waals surface area (Å²) in [6, 6.07) is 1.87. The summed E-state index contributed by atoms with van der Waals surface area (Å²) in [6.07, 6.45) is 3.51. The Bertz CT molecular complexity index is 429. The summed E-state index contributed by atoms with van der Waals surface area (Å²) in [6.45, 7) is 0. The Morgan fingerprint density at radius 3 is 2.60 bits per heavy atom. The van der Waals surface area contributed by atoms with Crippen LogP contribution >= 0.6 is 27.3 Å². The van der Waals surface area contributed by atoms with Crippen LogP contribution in [0.5, 0.6) is 0 Å². The third-order valence-corrected chi connectivity index (χ3v) is 3.84. The molecular formula is C10H10BrN3S. The van der Waals surface area contributed by atoms with Crippen molar-refractivity contribution < 1.29 is 0 Å². The zero-order valence-corrected chi connectivity index (χ0v) is 10.5. The second kappa shape index (κ2) is 4.83. The van der Waals surface area contributed by atoms with E-state index in [-0.39, 0.29) is 6.04 Å². The molecule has 2 aromatic heterocycles. The van der Waals surface area contributed by atoms with Crippen molar-refractivity contribution in [2.24, 2.45) is 0 Å². The molecule has 78 valence electrons. The number of hydrogen-bond acceptors (Lipinski definition) is 4. The fourth-order valence-corrected chi connectivity index (χ4v) is 2.93. The summed E-state index contributed by atoms with van der Waals surface area (Å²) in [4.78, 5) is 8.51. The molecule has 2 heterocycles. The van der Waals surface area contributed by atoms with Crippen LogP contribution in [0.2, 0.25) is 0 Å².